The molecule has 2 bridgehead atoms. The molecule has 3 N–H and O–H groups in total. The SMILES string of the molecule is C=S1(=O)CCCCC[C@H](NC(=O)CO)[C@@H]2CC[C@H]2CN2C[C@@]3(CCCc4cc(Cl)ccc43)COc3ccc(cc32)C(=O)N1. The molecular weight excluding hydrogens is 586 g/mol. The van der Waals surface area contributed by atoms with Gasteiger partial charge in [-0.25, -0.2) is 4.21 Å². The minimum absolute atomic E-state index is 0.0318. The average Bonchev–Trinajstić information content (AvgIpc) is 3.11. The molecule has 2 aromatic carbocycles. The maximum atomic E-state index is 13.3. The number of rotatable bonds is 2. The molecule has 0 saturated heterocycles. The zero-order valence-electron chi connectivity index (χ0n) is 24.6. The largest absolute Gasteiger partial charge is 0.490 e. The summed E-state index contributed by atoms with van der Waals surface area (Å²) in [6.07, 6.45) is 8.19. The number of hydrogen-bond donors (Lipinski definition) is 3. The summed E-state index contributed by atoms with van der Waals surface area (Å²) in [4.78, 5) is 28.0. The van der Waals surface area contributed by atoms with E-state index in [0.717, 1.165) is 80.9 Å². The van der Waals surface area contributed by atoms with Gasteiger partial charge in [0, 0.05) is 50.6 Å². The second-order valence-corrected chi connectivity index (χ2v) is 15.6. The van der Waals surface area contributed by atoms with Gasteiger partial charge in [0.2, 0.25) is 5.91 Å². The Morgan fingerprint density at radius 2 is 2.02 bits per heavy atom. The second-order valence-electron chi connectivity index (χ2n) is 12.9. The molecule has 2 aromatic rings. The summed E-state index contributed by atoms with van der Waals surface area (Å²) in [5.74, 6) is 4.76. The maximum absolute atomic E-state index is 13.3. The molecule has 0 aromatic heterocycles. The molecule has 8 nitrogen and oxygen atoms in total. The molecule has 1 unspecified atom stereocenters. The number of anilines is 1. The van der Waals surface area contributed by atoms with Gasteiger partial charge in [-0.1, -0.05) is 30.5 Å². The van der Waals surface area contributed by atoms with E-state index in [4.69, 9.17) is 16.3 Å². The first-order chi connectivity index (χ1) is 20.7. The minimum Gasteiger partial charge on any atom is -0.490 e. The highest BCUT2D eigenvalue weighted by molar-refractivity contribution is 7.99. The predicted octanol–water partition coefficient (Wildman–Crippen LogP) is 4.25. The van der Waals surface area contributed by atoms with Crippen molar-refractivity contribution in [3.05, 3.63) is 58.1 Å². The molecule has 2 amide bonds. The monoisotopic (exact) mass is 627 g/mol. The molecule has 232 valence electrons. The van der Waals surface area contributed by atoms with E-state index in [1.165, 1.54) is 11.1 Å². The van der Waals surface area contributed by atoms with Crippen molar-refractivity contribution >= 4 is 44.7 Å². The number of hydrogen-bond acceptors (Lipinski definition) is 6. The van der Waals surface area contributed by atoms with Crippen LogP contribution in [0.5, 0.6) is 5.75 Å². The Morgan fingerprint density at radius 3 is 2.81 bits per heavy atom. The number of halogens is 1. The van der Waals surface area contributed by atoms with Crippen LogP contribution in [0.2, 0.25) is 5.02 Å². The van der Waals surface area contributed by atoms with Crippen molar-refractivity contribution in [3.63, 3.8) is 0 Å². The van der Waals surface area contributed by atoms with Crippen molar-refractivity contribution in [1.82, 2.24) is 10.0 Å². The topological polar surface area (TPSA) is 108 Å². The van der Waals surface area contributed by atoms with E-state index in [1.54, 1.807) is 6.07 Å². The number of carbonyl (C=O) groups is 2. The molecule has 1 saturated carbocycles. The van der Waals surface area contributed by atoms with Crippen molar-refractivity contribution in [3.8, 4) is 5.75 Å². The quantitative estimate of drug-likeness (QED) is 0.430. The number of aliphatic hydroxyl groups excluding tert-OH is 1. The van der Waals surface area contributed by atoms with Gasteiger partial charge in [0.05, 0.1) is 12.3 Å². The summed E-state index contributed by atoms with van der Waals surface area (Å²) in [6, 6.07) is 11.6. The number of nitrogens with zero attached hydrogens (tertiary/aromatic N) is 1. The normalized spacial score (nSPS) is 31.0. The minimum atomic E-state index is -2.81. The van der Waals surface area contributed by atoms with Gasteiger partial charge in [0.15, 0.2) is 0 Å². The van der Waals surface area contributed by atoms with Gasteiger partial charge in [-0.05, 0) is 104 Å². The number of aliphatic hydroxyl groups is 1. The van der Waals surface area contributed by atoms with Crippen molar-refractivity contribution in [1.29, 1.82) is 0 Å². The van der Waals surface area contributed by atoms with Crippen LogP contribution in [0.25, 0.3) is 0 Å². The zero-order valence-corrected chi connectivity index (χ0v) is 26.2. The van der Waals surface area contributed by atoms with E-state index < -0.39 is 16.3 Å². The number of benzene rings is 2. The number of ether oxygens (including phenoxy) is 1. The van der Waals surface area contributed by atoms with Gasteiger partial charge in [-0.15, -0.1) is 0 Å². The summed E-state index contributed by atoms with van der Waals surface area (Å²) < 4.78 is 22.5. The fourth-order valence-corrected chi connectivity index (χ4v) is 9.11. The highest BCUT2D eigenvalue weighted by atomic mass is 35.5. The molecule has 2 heterocycles. The van der Waals surface area contributed by atoms with Crippen LogP contribution in [0, 0.1) is 11.8 Å². The van der Waals surface area contributed by atoms with Crippen molar-refractivity contribution < 1.29 is 23.6 Å². The lowest BCUT2D eigenvalue weighted by molar-refractivity contribution is -0.125. The summed E-state index contributed by atoms with van der Waals surface area (Å²) in [5, 5.41) is 13.3. The molecule has 6 rings (SSSR count). The summed E-state index contributed by atoms with van der Waals surface area (Å²) in [5.41, 5.74) is 3.58. The molecular formula is C33H42ClN3O5S. The molecule has 5 atom stereocenters. The van der Waals surface area contributed by atoms with Gasteiger partial charge < -0.3 is 20.1 Å². The Morgan fingerprint density at radius 1 is 1.16 bits per heavy atom. The number of carbonyl (C=O) groups excluding carboxylic acids is 2. The Kier molecular flexibility index (Phi) is 8.68. The van der Waals surface area contributed by atoms with E-state index >= 15 is 0 Å². The summed E-state index contributed by atoms with van der Waals surface area (Å²) in [6.45, 7) is 1.48. The van der Waals surface area contributed by atoms with Gasteiger partial charge in [-0.3, -0.25) is 14.3 Å². The molecule has 2 aliphatic carbocycles. The number of amides is 2. The van der Waals surface area contributed by atoms with Crippen LogP contribution < -0.4 is 19.7 Å². The molecule has 43 heavy (non-hydrogen) atoms. The fraction of sp³-hybridized carbons (Fsp3) is 0.545. The number of aryl methyl sites for hydroxylation is 1. The van der Waals surface area contributed by atoms with Crippen LogP contribution in [-0.2, 0) is 26.3 Å². The Bertz CT molecular complexity index is 1500. The lowest BCUT2D eigenvalue weighted by Crippen LogP contribution is -2.52. The third-order valence-electron chi connectivity index (χ3n) is 10.0. The molecule has 2 aliphatic heterocycles. The van der Waals surface area contributed by atoms with Gasteiger partial charge >= 0.3 is 0 Å². The van der Waals surface area contributed by atoms with Gasteiger partial charge in [0.25, 0.3) is 5.91 Å². The first-order valence-corrected chi connectivity index (χ1v) is 17.8. The summed E-state index contributed by atoms with van der Waals surface area (Å²) >= 11 is 6.41. The Labute approximate surface area is 259 Å². The van der Waals surface area contributed by atoms with Crippen molar-refractivity contribution in [2.75, 3.05) is 37.0 Å². The molecule has 0 radical (unpaired) electrons. The lowest BCUT2D eigenvalue weighted by atomic mass is 9.67. The van der Waals surface area contributed by atoms with Crippen LogP contribution in [0.1, 0.15) is 72.9 Å². The second kappa shape index (κ2) is 12.3. The third-order valence-corrected chi connectivity index (χ3v) is 11.7. The maximum Gasteiger partial charge on any atom is 0.262 e. The molecule has 10 heteroatoms. The number of nitrogens with one attached hydrogen (secondary N) is 2. The first-order valence-electron chi connectivity index (χ1n) is 15.5. The average molecular weight is 628 g/mol. The summed E-state index contributed by atoms with van der Waals surface area (Å²) in [7, 11) is -2.81. The third kappa shape index (κ3) is 6.40. The van der Waals surface area contributed by atoms with E-state index in [9.17, 15) is 18.9 Å². The molecule has 1 fully saturated rings. The van der Waals surface area contributed by atoms with E-state index in [-0.39, 0.29) is 29.2 Å². The van der Waals surface area contributed by atoms with E-state index in [0.29, 0.717) is 30.3 Å². The van der Waals surface area contributed by atoms with Crippen LogP contribution in [0.4, 0.5) is 5.69 Å². The lowest BCUT2D eigenvalue weighted by Gasteiger charge is -2.47. The van der Waals surface area contributed by atoms with E-state index in [1.807, 2.05) is 18.2 Å². The van der Waals surface area contributed by atoms with Crippen LogP contribution in [0.3, 0.4) is 0 Å². The molecule has 4 aliphatic rings. The highest BCUT2D eigenvalue weighted by Gasteiger charge is 2.44. The highest BCUT2D eigenvalue weighted by Crippen LogP contribution is 2.47. The zero-order chi connectivity index (χ0) is 30.2. The predicted molar refractivity (Wildman–Crippen MR) is 172 cm³/mol. The van der Waals surface area contributed by atoms with Crippen LogP contribution in [-0.4, -0.2) is 65.1 Å². The van der Waals surface area contributed by atoms with Crippen LogP contribution >= 0.6 is 11.6 Å². The van der Waals surface area contributed by atoms with E-state index in [2.05, 4.69) is 32.9 Å². The van der Waals surface area contributed by atoms with Gasteiger partial charge in [-0.2, -0.15) is 0 Å². The fourth-order valence-electron chi connectivity index (χ4n) is 7.69. The molecule has 1 spiro atoms. The van der Waals surface area contributed by atoms with Crippen LogP contribution in [0.15, 0.2) is 36.4 Å². The standard InChI is InChI=1S/C33H42ClN3O5S/c1-43(41)15-4-2-3-7-28(35-31(39)19-38)26-11-8-24(26)18-37-20-33(14-5-6-22-16-25(34)10-12-27(22)33)21-42-30-13-9-23(17-29(30)37)32(40)36-43/h9-10,12-13,16-17,24,26,28,38H,1-8,11,14-15,18-21H2,(H,35,39)(H,36,40,41)/t24-,26+,28-,33-,43?/m0/s1. The van der Waals surface area contributed by atoms with Crippen molar-refractivity contribution in [2.24, 2.45) is 11.8 Å². The smallest absolute Gasteiger partial charge is 0.262 e. The van der Waals surface area contributed by atoms with Crippen molar-refractivity contribution in [2.45, 2.75) is 69.2 Å². The Hall–Kier alpha value is -2.75. The first kappa shape index (κ1) is 30.3. The number of fused-ring (bicyclic) bond motifs is 4. The van der Waals surface area contributed by atoms with Gasteiger partial charge in [0.1, 0.15) is 12.4 Å². The Balaban J connectivity index is 1.40.